The van der Waals surface area contributed by atoms with Gasteiger partial charge in [0.15, 0.2) is 0 Å². The first kappa shape index (κ1) is 11.8. The molecule has 1 aromatic heterocycles. The van der Waals surface area contributed by atoms with Gasteiger partial charge in [-0.3, -0.25) is 4.68 Å². The third-order valence-corrected chi connectivity index (χ3v) is 2.81. The van der Waals surface area contributed by atoms with Crippen molar-refractivity contribution in [1.82, 2.24) is 9.78 Å². The van der Waals surface area contributed by atoms with Crippen LogP contribution in [0.2, 0.25) is 0 Å². The van der Waals surface area contributed by atoms with Crippen molar-refractivity contribution in [3.8, 4) is 0 Å². The van der Waals surface area contributed by atoms with Crippen molar-refractivity contribution in [3.05, 3.63) is 24.5 Å². The van der Waals surface area contributed by atoms with Crippen LogP contribution >= 0.6 is 0 Å². The molecule has 0 aliphatic rings. The largest absolute Gasteiger partial charge is 0.380 e. The molecule has 0 saturated carbocycles. The summed E-state index contributed by atoms with van der Waals surface area (Å²) in [5.41, 5.74) is 2.33. The smallest absolute Gasteiger partial charge is 0.0758 e. The zero-order valence-electron chi connectivity index (χ0n) is 9.95. The molecule has 3 heteroatoms. The lowest BCUT2D eigenvalue weighted by atomic mass is 10.1. The van der Waals surface area contributed by atoms with Crippen LogP contribution in [0, 0.1) is 6.92 Å². The summed E-state index contributed by atoms with van der Waals surface area (Å²) in [5.74, 6) is 0. The van der Waals surface area contributed by atoms with Crippen molar-refractivity contribution < 1.29 is 0 Å². The van der Waals surface area contributed by atoms with E-state index in [1.54, 1.807) is 0 Å². The highest BCUT2D eigenvalue weighted by Gasteiger charge is 2.08. The molecule has 0 saturated heterocycles. The van der Waals surface area contributed by atoms with Gasteiger partial charge in [-0.05, 0) is 26.2 Å². The second kappa shape index (κ2) is 5.59. The Labute approximate surface area is 92.2 Å². The Morgan fingerprint density at radius 3 is 2.87 bits per heavy atom. The average Bonchev–Trinajstić information content (AvgIpc) is 2.55. The second-order valence-electron chi connectivity index (χ2n) is 3.88. The van der Waals surface area contributed by atoms with Crippen LogP contribution in [0.4, 0.5) is 5.69 Å². The summed E-state index contributed by atoms with van der Waals surface area (Å²) < 4.78 is 1.89. The molecule has 0 aliphatic heterocycles. The number of rotatable bonds is 6. The Morgan fingerprint density at radius 2 is 2.40 bits per heavy atom. The van der Waals surface area contributed by atoms with Gasteiger partial charge in [0.05, 0.1) is 17.6 Å². The minimum Gasteiger partial charge on any atom is -0.380 e. The van der Waals surface area contributed by atoms with Crippen LogP contribution in [0.15, 0.2) is 18.9 Å². The number of nitrogens with zero attached hydrogens (tertiary/aromatic N) is 2. The van der Waals surface area contributed by atoms with Gasteiger partial charge in [-0.1, -0.05) is 13.0 Å². The molecule has 0 fully saturated rings. The van der Waals surface area contributed by atoms with E-state index in [4.69, 9.17) is 0 Å². The van der Waals surface area contributed by atoms with Crippen molar-refractivity contribution in [2.24, 2.45) is 7.05 Å². The van der Waals surface area contributed by atoms with E-state index < -0.39 is 0 Å². The number of allylic oxidation sites excluding steroid dienone is 1. The van der Waals surface area contributed by atoms with Crippen LogP contribution in [-0.2, 0) is 7.05 Å². The van der Waals surface area contributed by atoms with E-state index in [2.05, 4.69) is 30.8 Å². The maximum atomic E-state index is 4.22. The highest BCUT2D eigenvalue weighted by atomic mass is 15.3. The van der Waals surface area contributed by atoms with Gasteiger partial charge >= 0.3 is 0 Å². The van der Waals surface area contributed by atoms with Gasteiger partial charge in [0.25, 0.3) is 0 Å². The second-order valence-corrected chi connectivity index (χ2v) is 3.88. The van der Waals surface area contributed by atoms with E-state index in [0.29, 0.717) is 6.04 Å². The van der Waals surface area contributed by atoms with E-state index in [1.165, 1.54) is 5.69 Å². The van der Waals surface area contributed by atoms with Crippen LogP contribution in [0.1, 0.15) is 31.9 Å². The summed E-state index contributed by atoms with van der Waals surface area (Å²) in [6.07, 6.45) is 7.19. The predicted octanol–water partition coefficient (Wildman–Crippen LogP) is 2.89. The quantitative estimate of drug-likeness (QED) is 0.727. The summed E-state index contributed by atoms with van der Waals surface area (Å²) in [4.78, 5) is 0. The molecular weight excluding hydrogens is 186 g/mol. The number of nitrogens with one attached hydrogen (secondary N) is 1. The SMILES string of the molecule is C=CCCC(CC)Nc1cnn(C)c1C. The van der Waals surface area contributed by atoms with E-state index in [-0.39, 0.29) is 0 Å². The van der Waals surface area contributed by atoms with E-state index in [9.17, 15) is 0 Å². The van der Waals surface area contributed by atoms with Crippen LogP contribution in [0.25, 0.3) is 0 Å². The van der Waals surface area contributed by atoms with Gasteiger partial charge < -0.3 is 5.32 Å². The first-order valence-corrected chi connectivity index (χ1v) is 5.55. The lowest BCUT2D eigenvalue weighted by molar-refractivity contribution is 0.640. The van der Waals surface area contributed by atoms with E-state index >= 15 is 0 Å². The average molecular weight is 207 g/mol. The Hall–Kier alpha value is -1.25. The number of hydrogen-bond donors (Lipinski definition) is 1. The van der Waals surface area contributed by atoms with Crippen LogP contribution in [0.3, 0.4) is 0 Å². The fraction of sp³-hybridized carbons (Fsp3) is 0.583. The summed E-state index contributed by atoms with van der Waals surface area (Å²) >= 11 is 0. The highest BCUT2D eigenvalue weighted by molar-refractivity contribution is 5.46. The van der Waals surface area contributed by atoms with Crippen molar-refractivity contribution in [2.45, 2.75) is 39.2 Å². The Balaban J connectivity index is 2.58. The molecule has 0 aliphatic carbocycles. The summed E-state index contributed by atoms with van der Waals surface area (Å²) in [6, 6.07) is 0.519. The molecule has 1 rings (SSSR count). The maximum absolute atomic E-state index is 4.22. The van der Waals surface area contributed by atoms with E-state index in [0.717, 1.165) is 24.9 Å². The molecular formula is C12H21N3. The fourth-order valence-electron chi connectivity index (χ4n) is 1.56. The molecule has 0 amide bonds. The number of aromatic nitrogens is 2. The lowest BCUT2D eigenvalue weighted by Crippen LogP contribution is -2.18. The maximum Gasteiger partial charge on any atom is 0.0758 e. The van der Waals surface area contributed by atoms with Crippen molar-refractivity contribution in [2.75, 3.05) is 5.32 Å². The molecule has 1 aromatic rings. The van der Waals surface area contributed by atoms with Crippen LogP contribution in [-0.4, -0.2) is 15.8 Å². The Morgan fingerprint density at radius 1 is 1.67 bits per heavy atom. The Bertz CT molecular complexity index is 315. The van der Waals surface area contributed by atoms with Crippen molar-refractivity contribution in [3.63, 3.8) is 0 Å². The summed E-state index contributed by atoms with van der Waals surface area (Å²) in [6.45, 7) is 8.03. The van der Waals surface area contributed by atoms with Gasteiger partial charge in [0.1, 0.15) is 0 Å². The zero-order valence-corrected chi connectivity index (χ0v) is 9.95. The molecule has 1 heterocycles. The third kappa shape index (κ3) is 3.11. The van der Waals surface area contributed by atoms with E-state index in [1.807, 2.05) is 24.0 Å². The molecule has 1 N–H and O–H groups in total. The van der Waals surface area contributed by atoms with Crippen LogP contribution in [0.5, 0.6) is 0 Å². The minimum absolute atomic E-state index is 0.519. The standard InChI is InChI=1S/C12H21N3/c1-5-7-8-11(6-2)14-12-9-13-15(4)10(12)3/h5,9,11,14H,1,6-8H2,2-4H3. The van der Waals surface area contributed by atoms with Gasteiger partial charge in [-0.15, -0.1) is 6.58 Å². The number of aryl methyl sites for hydroxylation is 1. The zero-order chi connectivity index (χ0) is 11.3. The third-order valence-electron chi connectivity index (χ3n) is 2.81. The Kier molecular flexibility index (Phi) is 4.40. The van der Waals surface area contributed by atoms with Crippen molar-refractivity contribution >= 4 is 5.69 Å². The van der Waals surface area contributed by atoms with Crippen LogP contribution < -0.4 is 5.32 Å². The fourth-order valence-corrected chi connectivity index (χ4v) is 1.56. The topological polar surface area (TPSA) is 29.9 Å². The monoisotopic (exact) mass is 207 g/mol. The van der Waals surface area contributed by atoms with Gasteiger partial charge in [0, 0.05) is 13.1 Å². The molecule has 0 bridgehead atoms. The minimum atomic E-state index is 0.519. The first-order valence-electron chi connectivity index (χ1n) is 5.55. The molecule has 0 radical (unpaired) electrons. The summed E-state index contributed by atoms with van der Waals surface area (Å²) in [7, 11) is 1.96. The first-order chi connectivity index (χ1) is 7.19. The number of hydrogen-bond acceptors (Lipinski definition) is 2. The lowest BCUT2D eigenvalue weighted by Gasteiger charge is -2.16. The molecule has 15 heavy (non-hydrogen) atoms. The van der Waals surface area contributed by atoms with Gasteiger partial charge in [-0.2, -0.15) is 5.10 Å². The predicted molar refractivity (Wildman–Crippen MR) is 65.1 cm³/mol. The molecule has 0 spiro atoms. The van der Waals surface area contributed by atoms with Gasteiger partial charge in [0.2, 0.25) is 0 Å². The molecule has 1 atom stereocenters. The number of anilines is 1. The summed E-state index contributed by atoms with van der Waals surface area (Å²) in [5, 5.41) is 7.74. The molecule has 0 aromatic carbocycles. The van der Waals surface area contributed by atoms with Gasteiger partial charge in [-0.25, -0.2) is 0 Å². The highest BCUT2D eigenvalue weighted by Crippen LogP contribution is 2.16. The van der Waals surface area contributed by atoms with Crippen molar-refractivity contribution in [1.29, 1.82) is 0 Å². The molecule has 1 unspecified atom stereocenters. The normalized spacial score (nSPS) is 12.5. The molecule has 84 valence electrons. The molecule has 3 nitrogen and oxygen atoms in total.